The fraction of sp³-hybridized carbons (Fsp3) is 0.571. The van der Waals surface area contributed by atoms with Crippen molar-refractivity contribution >= 4 is 16.5 Å². The predicted molar refractivity (Wildman–Crippen MR) is 47.7 cm³/mol. The van der Waals surface area contributed by atoms with Gasteiger partial charge in [-0.1, -0.05) is 6.58 Å². The Morgan fingerprint density at radius 3 is 2.67 bits per heavy atom. The lowest BCUT2D eigenvalue weighted by Crippen LogP contribution is -2.09. The molecule has 0 amide bonds. The van der Waals surface area contributed by atoms with E-state index in [4.69, 9.17) is 14.3 Å². The van der Waals surface area contributed by atoms with E-state index in [-0.39, 0.29) is 12.1 Å². The van der Waals surface area contributed by atoms with E-state index in [2.05, 4.69) is 6.58 Å². The first-order valence-electron chi connectivity index (χ1n) is 3.59. The molecule has 0 aromatic heterocycles. The van der Waals surface area contributed by atoms with Crippen LogP contribution in [0.4, 0.5) is 0 Å². The normalized spacial score (nSPS) is 19.0. The first-order valence-corrected chi connectivity index (χ1v) is 4.48. The summed E-state index contributed by atoms with van der Waals surface area (Å²) in [4.78, 5) is 17.8. The molecule has 0 saturated carbocycles. The number of ether oxygens (including phenoxy) is 2. The molecule has 1 N–H and O–H groups in total. The van der Waals surface area contributed by atoms with E-state index in [0.29, 0.717) is 29.3 Å². The molecule has 1 aliphatic heterocycles. The zero-order chi connectivity index (χ0) is 9.56. The van der Waals surface area contributed by atoms with Gasteiger partial charge in [-0.15, -0.1) is 0 Å². The molecule has 1 rings (SSSR count). The van der Waals surface area contributed by atoms with E-state index in [9.17, 15) is 4.79 Å². The molecule has 0 aromatic carbocycles. The fourth-order valence-corrected chi connectivity index (χ4v) is 0.456. The minimum Gasteiger partial charge on any atom is -0.459 e. The van der Waals surface area contributed by atoms with E-state index in [1.807, 2.05) is 0 Å². The van der Waals surface area contributed by atoms with Crippen LogP contribution in [0.3, 0.4) is 0 Å². The molecule has 5 heteroatoms. The Morgan fingerprint density at radius 2 is 2.33 bits per heavy atom. The van der Waals surface area contributed by atoms with Crippen molar-refractivity contribution in [3.8, 4) is 0 Å². The number of esters is 1. The van der Waals surface area contributed by atoms with Gasteiger partial charge in [0, 0.05) is 5.57 Å². The molecule has 70 valence electrons. The highest BCUT2D eigenvalue weighted by molar-refractivity contribution is 5.95. The van der Waals surface area contributed by atoms with Crippen molar-refractivity contribution in [1.29, 1.82) is 0 Å². The van der Waals surface area contributed by atoms with Crippen molar-refractivity contribution in [2.24, 2.45) is 0 Å². The molecule has 0 aliphatic carbocycles. The Hall–Kier alpha value is -0.653. The minimum absolute atomic E-state index is 0.142. The Labute approximate surface area is 74.7 Å². The second kappa shape index (κ2) is 5.93. The maximum absolute atomic E-state index is 10.7. The molecular formula is C7H14O4Si. The van der Waals surface area contributed by atoms with Crippen LogP contribution in [-0.2, 0) is 14.3 Å². The zero-order valence-electron chi connectivity index (χ0n) is 7.37. The number of carbonyl (C=O) groups excluding carboxylic acids is 1. The van der Waals surface area contributed by atoms with Crippen molar-refractivity contribution in [3.05, 3.63) is 12.2 Å². The molecule has 4 nitrogen and oxygen atoms in total. The number of hydrogen-bond donors (Lipinski definition) is 1. The summed E-state index contributed by atoms with van der Waals surface area (Å²) in [6.07, 6.45) is 0.142. The zero-order valence-corrected chi connectivity index (χ0v) is 9.37. The van der Waals surface area contributed by atoms with Crippen LogP contribution >= 0.6 is 0 Å². The van der Waals surface area contributed by atoms with Crippen molar-refractivity contribution in [1.82, 2.24) is 0 Å². The van der Waals surface area contributed by atoms with E-state index in [1.165, 1.54) is 0 Å². The number of hydrogen-bond acceptors (Lipinski definition) is 4. The van der Waals surface area contributed by atoms with Gasteiger partial charge in [0.2, 0.25) is 0 Å². The lowest BCUT2D eigenvalue weighted by Gasteiger charge is -1.99. The summed E-state index contributed by atoms with van der Waals surface area (Å²) >= 11 is 0. The summed E-state index contributed by atoms with van der Waals surface area (Å²) in [5, 5.41) is 0. The summed E-state index contributed by atoms with van der Waals surface area (Å²) in [6.45, 7) is 6.14. The second-order valence-corrected chi connectivity index (χ2v) is 2.33. The van der Waals surface area contributed by atoms with Crippen molar-refractivity contribution in [2.75, 3.05) is 13.2 Å². The summed E-state index contributed by atoms with van der Waals surface area (Å²) < 4.78 is 9.60. The first-order chi connectivity index (χ1) is 5.70. The van der Waals surface area contributed by atoms with Crippen LogP contribution in [0.1, 0.15) is 6.92 Å². The van der Waals surface area contributed by atoms with Gasteiger partial charge in [-0.2, -0.15) is 0 Å². The molecule has 0 bridgehead atoms. The third-order valence-corrected chi connectivity index (χ3v) is 1.15. The largest absolute Gasteiger partial charge is 0.459 e. The standard InChI is InChI=1S/C7H10O3.H4OSi/c1-5(2)7(8)10-4-6-3-9-6;1-2/h6H,1,3-4H2,2H3;1H,2H3. The Balaban J connectivity index is 0.000000561. The Bertz CT molecular complexity index is 165. The van der Waals surface area contributed by atoms with Gasteiger partial charge < -0.3 is 14.3 Å². The molecule has 1 unspecified atom stereocenters. The summed E-state index contributed by atoms with van der Waals surface area (Å²) in [7, 11) is 0.306. The first kappa shape index (κ1) is 11.3. The Morgan fingerprint density at radius 1 is 1.83 bits per heavy atom. The maximum atomic E-state index is 10.7. The monoisotopic (exact) mass is 190 g/mol. The molecule has 0 aromatic rings. The molecular weight excluding hydrogens is 176 g/mol. The molecule has 1 atom stereocenters. The molecule has 0 radical (unpaired) electrons. The number of epoxide rings is 1. The second-order valence-electron chi connectivity index (χ2n) is 2.33. The van der Waals surface area contributed by atoms with E-state index >= 15 is 0 Å². The fourth-order valence-electron chi connectivity index (χ4n) is 0.456. The summed E-state index contributed by atoms with van der Waals surface area (Å²) in [5.41, 5.74) is 0.431. The maximum Gasteiger partial charge on any atom is 0.333 e. The highest BCUT2D eigenvalue weighted by Crippen LogP contribution is 2.09. The highest BCUT2D eigenvalue weighted by Gasteiger charge is 2.24. The predicted octanol–water partition coefficient (Wildman–Crippen LogP) is -1.24. The molecule has 1 fully saturated rings. The SMILES string of the molecule is C=C(C)C(=O)OCC1CO1.O[SiH3]. The molecule has 12 heavy (non-hydrogen) atoms. The molecule has 1 heterocycles. The third-order valence-electron chi connectivity index (χ3n) is 1.15. The van der Waals surface area contributed by atoms with Gasteiger partial charge in [0.05, 0.1) is 6.61 Å². The van der Waals surface area contributed by atoms with Gasteiger partial charge in [0.1, 0.15) is 23.2 Å². The van der Waals surface area contributed by atoms with Crippen LogP contribution in [0.15, 0.2) is 12.2 Å². The van der Waals surface area contributed by atoms with Crippen LogP contribution in [0, 0.1) is 0 Å². The summed E-state index contributed by atoms with van der Waals surface area (Å²) in [5.74, 6) is -0.337. The lowest BCUT2D eigenvalue weighted by molar-refractivity contribution is -0.139. The van der Waals surface area contributed by atoms with E-state index in [1.54, 1.807) is 6.92 Å². The van der Waals surface area contributed by atoms with Crippen LogP contribution in [0.25, 0.3) is 0 Å². The van der Waals surface area contributed by atoms with Gasteiger partial charge in [-0.25, -0.2) is 4.79 Å². The third kappa shape index (κ3) is 5.06. The number of carbonyl (C=O) groups is 1. The Kier molecular flexibility index (Phi) is 5.61. The lowest BCUT2D eigenvalue weighted by atomic mass is 10.4. The average Bonchev–Trinajstić information content (AvgIpc) is 2.87. The van der Waals surface area contributed by atoms with E-state index in [0.717, 1.165) is 0 Å². The topological polar surface area (TPSA) is 59.1 Å². The summed E-state index contributed by atoms with van der Waals surface area (Å²) in [6, 6.07) is 0. The van der Waals surface area contributed by atoms with Gasteiger partial charge in [-0.3, -0.25) is 0 Å². The van der Waals surface area contributed by atoms with Gasteiger partial charge in [0.15, 0.2) is 0 Å². The van der Waals surface area contributed by atoms with E-state index < -0.39 is 0 Å². The quantitative estimate of drug-likeness (QED) is 0.262. The van der Waals surface area contributed by atoms with Crippen molar-refractivity contribution < 1.29 is 19.1 Å². The van der Waals surface area contributed by atoms with Gasteiger partial charge in [0.25, 0.3) is 0 Å². The van der Waals surface area contributed by atoms with Crippen molar-refractivity contribution in [3.63, 3.8) is 0 Å². The minimum atomic E-state index is -0.337. The smallest absolute Gasteiger partial charge is 0.333 e. The van der Waals surface area contributed by atoms with Crippen LogP contribution < -0.4 is 0 Å². The van der Waals surface area contributed by atoms with Crippen molar-refractivity contribution in [2.45, 2.75) is 13.0 Å². The number of rotatable bonds is 3. The molecule has 0 spiro atoms. The van der Waals surface area contributed by atoms with Gasteiger partial charge in [-0.05, 0) is 6.92 Å². The molecule has 1 aliphatic rings. The van der Waals surface area contributed by atoms with Gasteiger partial charge >= 0.3 is 5.97 Å². The highest BCUT2D eigenvalue weighted by atomic mass is 28.2. The van der Waals surface area contributed by atoms with Crippen LogP contribution in [-0.4, -0.2) is 40.6 Å². The van der Waals surface area contributed by atoms with Crippen LogP contribution in [0.5, 0.6) is 0 Å². The van der Waals surface area contributed by atoms with Crippen LogP contribution in [0.2, 0.25) is 0 Å². The molecule has 1 saturated heterocycles. The average molecular weight is 190 g/mol.